The fourth-order valence-electron chi connectivity index (χ4n) is 1.97. The highest BCUT2D eigenvalue weighted by atomic mass is 16.5. The van der Waals surface area contributed by atoms with Crippen LogP contribution < -0.4 is 4.74 Å². The van der Waals surface area contributed by atoms with Crippen LogP contribution in [0.1, 0.15) is 18.4 Å². The van der Waals surface area contributed by atoms with Crippen molar-refractivity contribution in [3.63, 3.8) is 0 Å². The van der Waals surface area contributed by atoms with Gasteiger partial charge >= 0.3 is 0 Å². The van der Waals surface area contributed by atoms with Crippen LogP contribution in [0, 0.1) is 0 Å². The predicted octanol–water partition coefficient (Wildman–Crippen LogP) is 1.99. The molecule has 3 heteroatoms. The quantitative estimate of drug-likeness (QED) is 0.761. The third-order valence-electron chi connectivity index (χ3n) is 2.76. The summed E-state index contributed by atoms with van der Waals surface area (Å²) in [4.78, 5) is 11.3. The molecule has 16 heavy (non-hydrogen) atoms. The molecule has 1 aromatic carbocycles. The van der Waals surface area contributed by atoms with Gasteiger partial charge in [0.15, 0.2) is 5.78 Å². The third-order valence-corrected chi connectivity index (χ3v) is 2.76. The molecule has 0 saturated carbocycles. The molecule has 2 rings (SSSR count). The first-order valence-corrected chi connectivity index (χ1v) is 5.55. The zero-order valence-electron chi connectivity index (χ0n) is 9.44. The lowest BCUT2D eigenvalue weighted by Crippen LogP contribution is -2.16. The third kappa shape index (κ3) is 2.61. The average molecular weight is 220 g/mol. The van der Waals surface area contributed by atoms with E-state index in [-0.39, 0.29) is 18.5 Å². The molecule has 0 N–H and O–H groups in total. The Hall–Kier alpha value is -1.35. The van der Waals surface area contributed by atoms with Gasteiger partial charge in [0.25, 0.3) is 0 Å². The second-order valence-corrected chi connectivity index (χ2v) is 4.06. The number of rotatable bonds is 5. The Morgan fingerprint density at radius 3 is 3.06 bits per heavy atom. The van der Waals surface area contributed by atoms with Crippen LogP contribution >= 0.6 is 0 Å². The maximum atomic E-state index is 11.3. The van der Waals surface area contributed by atoms with E-state index in [4.69, 9.17) is 9.47 Å². The molecule has 0 radical (unpaired) electrons. The number of carbonyl (C=O) groups excluding carboxylic acids is 1. The zero-order chi connectivity index (χ0) is 11.4. The highest BCUT2D eigenvalue weighted by Gasteiger charge is 2.22. The summed E-state index contributed by atoms with van der Waals surface area (Å²) < 4.78 is 10.5. The van der Waals surface area contributed by atoms with Crippen LogP contribution in [-0.4, -0.2) is 25.6 Å². The predicted molar refractivity (Wildman–Crippen MR) is 60.7 cm³/mol. The number of Topliss-reactive ketones (excluding diaryl/α,β-unsaturated/α-hetero) is 1. The Morgan fingerprint density at radius 1 is 1.50 bits per heavy atom. The number of methoxy groups -OCH3 is 1. The topological polar surface area (TPSA) is 35.5 Å². The van der Waals surface area contributed by atoms with E-state index < -0.39 is 0 Å². The normalized spacial score (nSPS) is 17.9. The molecule has 1 aromatic rings. The van der Waals surface area contributed by atoms with Gasteiger partial charge in [-0.25, -0.2) is 0 Å². The molecular weight excluding hydrogens is 204 g/mol. The number of hydrogen-bond acceptors (Lipinski definition) is 3. The largest absolute Gasteiger partial charge is 0.490 e. The summed E-state index contributed by atoms with van der Waals surface area (Å²) in [6, 6.07) is 8.04. The van der Waals surface area contributed by atoms with Crippen LogP contribution in [0.25, 0.3) is 0 Å². The van der Waals surface area contributed by atoms with Crippen LogP contribution in [0.15, 0.2) is 24.3 Å². The SMILES string of the molecule is COCC(=O)CCC1Cc2ccccc2O1. The van der Waals surface area contributed by atoms with Gasteiger partial charge in [0.1, 0.15) is 18.5 Å². The van der Waals surface area contributed by atoms with Crippen molar-refractivity contribution in [3.05, 3.63) is 29.8 Å². The lowest BCUT2D eigenvalue weighted by Gasteiger charge is -2.09. The molecule has 0 spiro atoms. The van der Waals surface area contributed by atoms with Crippen LogP contribution in [0.4, 0.5) is 0 Å². The number of benzene rings is 1. The molecular formula is C13H16O3. The zero-order valence-corrected chi connectivity index (χ0v) is 9.44. The minimum atomic E-state index is 0.141. The smallest absolute Gasteiger partial charge is 0.158 e. The van der Waals surface area contributed by atoms with Gasteiger partial charge in [-0.3, -0.25) is 4.79 Å². The van der Waals surface area contributed by atoms with Crippen LogP contribution in [0.3, 0.4) is 0 Å². The Bertz CT molecular complexity index is 348. The van der Waals surface area contributed by atoms with Gasteiger partial charge in [-0.1, -0.05) is 18.2 Å². The van der Waals surface area contributed by atoms with Crippen LogP contribution in [0.2, 0.25) is 0 Å². The van der Waals surface area contributed by atoms with Crippen molar-refractivity contribution in [3.8, 4) is 5.75 Å². The Morgan fingerprint density at radius 2 is 2.31 bits per heavy atom. The minimum Gasteiger partial charge on any atom is -0.490 e. The van der Waals surface area contributed by atoms with Crippen molar-refractivity contribution in [1.29, 1.82) is 0 Å². The lowest BCUT2D eigenvalue weighted by atomic mass is 10.1. The van der Waals surface area contributed by atoms with Crippen molar-refractivity contribution < 1.29 is 14.3 Å². The molecule has 1 unspecified atom stereocenters. The van der Waals surface area contributed by atoms with E-state index in [9.17, 15) is 4.79 Å². The minimum absolute atomic E-state index is 0.141. The number of fused-ring (bicyclic) bond motifs is 1. The van der Waals surface area contributed by atoms with E-state index in [1.807, 2.05) is 18.2 Å². The van der Waals surface area contributed by atoms with Crippen LogP contribution in [-0.2, 0) is 16.0 Å². The van der Waals surface area contributed by atoms with Gasteiger partial charge in [0.2, 0.25) is 0 Å². The van der Waals surface area contributed by atoms with Gasteiger partial charge in [-0.15, -0.1) is 0 Å². The molecule has 1 aliphatic rings. The van der Waals surface area contributed by atoms with Crippen molar-refractivity contribution in [2.45, 2.75) is 25.4 Å². The number of carbonyl (C=O) groups is 1. The highest BCUT2D eigenvalue weighted by Crippen LogP contribution is 2.29. The van der Waals surface area contributed by atoms with Crippen molar-refractivity contribution in [1.82, 2.24) is 0 Å². The average Bonchev–Trinajstić information content (AvgIpc) is 2.69. The molecule has 0 saturated heterocycles. The summed E-state index contributed by atoms with van der Waals surface area (Å²) in [6.45, 7) is 0.208. The van der Waals surface area contributed by atoms with E-state index in [1.54, 1.807) is 7.11 Å². The van der Waals surface area contributed by atoms with Gasteiger partial charge in [-0.05, 0) is 18.1 Å². The van der Waals surface area contributed by atoms with Crippen molar-refractivity contribution in [2.24, 2.45) is 0 Å². The van der Waals surface area contributed by atoms with Crippen LogP contribution in [0.5, 0.6) is 5.75 Å². The maximum Gasteiger partial charge on any atom is 0.158 e. The van der Waals surface area contributed by atoms with E-state index in [0.29, 0.717) is 6.42 Å². The van der Waals surface area contributed by atoms with E-state index in [2.05, 4.69) is 6.07 Å². The Balaban J connectivity index is 1.81. The highest BCUT2D eigenvalue weighted by molar-refractivity contribution is 5.79. The first-order valence-electron chi connectivity index (χ1n) is 5.55. The van der Waals surface area contributed by atoms with E-state index in [1.165, 1.54) is 5.56 Å². The lowest BCUT2D eigenvalue weighted by molar-refractivity contribution is -0.123. The Labute approximate surface area is 95.4 Å². The van der Waals surface area contributed by atoms with Gasteiger partial charge in [0.05, 0.1) is 0 Å². The van der Waals surface area contributed by atoms with E-state index >= 15 is 0 Å². The fraction of sp³-hybridized carbons (Fsp3) is 0.462. The number of para-hydroxylation sites is 1. The molecule has 0 fully saturated rings. The second-order valence-electron chi connectivity index (χ2n) is 4.06. The molecule has 1 aliphatic heterocycles. The summed E-state index contributed by atoms with van der Waals surface area (Å²) in [5, 5.41) is 0. The molecule has 1 heterocycles. The second kappa shape index (κ2) is 5.12. The maximum absolute atomic E-state index is 11.3. The van der Waals surface area contributed by atoms with Gasteiger partial charge < -0.3 is 9.47 Å². The molecule has 0 bridgehead atoms. The summed E-state index contributed by atoms with van der Waals surface area (Å²) >= 11 is 0. The first kappa shape index (κ1) is 11.1. The monoisotopic (exact) mass is 220 g/mol. The number of ketones is 1. The first-order chi connectivity index (χ1) is 7.79. The van der Waals surface area contributed by atoms with Gasteiger partial charge in [-0.2, -0.15) is 0 Å². The fourth-order valence-corrected chi connectivity index (χ4v) is 1.97. The summed E-state index contributed by atoms with van der Waals surface area (Å²) in [5.41, 5.74) is 1.24. The summed E-state index contributed by atoms with van der Waals surface area (Å²) in [6.07, 6.45) is 2.37. The molecule has 1 atom stereocenters. The summed E-state index contributed by atoms with van der Waals surface area (Å²) in [7, 11) is 1.54. The van der Waals surface area contributed by atoms with Crippen molar-refractivity contribution in [2.75, 3.05) is 13.7 Å². The van der Waals surface area contributed by atoms with Gasteiger partial charge in [0, 0.05) is 20.0 Å². The standard InChI is InChI=1S/C13H16O3/c1-15-9-11(14)6-7-12-8-10-4-2-3-5-13(10)16-12/h2-5,12H,6-9H2,1H3. The number of ether oxygens (including phenoxy) is 2. The van der Waals surface area contributed by atoms with Crippen molar-refractivity contribution >= 4 is 5.78 Å². The molecule has 0 aromatic heterocycles. The Kier molecular flexibility index (Phi) is 3.57. The molecule has 3 nitrogen and oxygen atoms in total. The molecule has 86 valence electrons. The molecule has 0 aliphatic carbocycles. The van der Waals surface area contributed by atoms with E-state index in [0.717, 1.165) is 18.6 Å². The molecule has 0 amide bonds. The number of hydrogen-bond donors (Lipinski definition) is 0. The summed E-state index contributed by atoms with van der Waals surface area (Å²) in [5.74, 6) is 1.11.